The van der Waals surface area contributed by atoms with Gasteiger partial charge < -0.3 is 14.4 Å². The summed E-state index contributed by atoms with van der Waals surface area (Å²) in [7, 11) is 3.44. The highest BCUT2D eigenvalue weighted by Crippen LogP contribution is 2.27. The zero-order valence-corrected chi connectivity index (χ0v) is 22.6. The van der Waals surface area contributed by atoms with Gasteiger partial charge in [0.25, 0.3) is 0 Å². The fraction of sp³-hybridized carbons (Fsp3) is 0.375. The van der Waals surface area contributed by atoms with E-state index in [2.05, 4.69) is 25.5 Å². The van der Waals surface area contributed by atoms with Crippen LogP contribution in [0.15, 0.2) is 51.7 Å². The average molecular weight is 546 g/mol. The molecule has 0 radical (unpaired) electrons. The van der Waals surface area contributed by atoms with Gasteiger partial charge in [-0.2, -0.15) is 32.2 Å². The second-order valence-electron chi connectivity index (χ2n) is 8.99. The first-order valence-corrected chi connectivity index (χ1v) is 11.5. The summed E-state index contributed by atoms with van der Waals surface area (Å²) in [5.74, 6) is -0.0160. The first-order valence-electron chi connectivity index (χ1n) is 11.5. The molecule has 0 unspecified atom stereocenters. The van der Waals surface area contributed by atoms with Crippen LogP contribution in [-0.4, -0.2) is 78.8 Å². The molecule has 0 saturated carbocycles. The van der Waals surface area contributed by atoms with Crippen LogP contribution >= 0.6 is 27.0 Å². The number of hydrogen-bond acceptors (Lipinski definition) is 8. The van der Waals surface area contributed by atoms with Crippen molar-refractivity contribution in [2.45, 2.75) is 25.0 Å². The number of fused-ring (bicyclic) bond motifs is 1. The van der Waals surface area contributed by atoms with Crippen LogP contribution in [0.25, 0.3) is 22.5 Å². The largest absolute Gasteiger partial charge is 0.419 e. The molecule has 1 aliphatic rings. The van der Waals surface area contributed by atoms with Crippen LogP contribution < -0.4 is 5.76 Å². The lowest BCUT2D eigenvalue weighted by Crippen LogP contribution is -2.39. The number of likely N-dealkylation sites (N-methyl/N-ethyl adjacent to an activating group) is 1. The molecule has 3 heterocycles. The van der Waals surface area contributed by atoms with Gasteiger partial charge in [-0.15, -0.1) is 10.2 Å². The van der Waals surface area contributed by atoms with Gasteiger partial charge in [0.1, 0.15) is 0 Å². The molecule has 11 nitrogen and oxygen atoms in total. The molecule has 2 atom stereocenters. The molecule has 2 aromatic heterocycles. The maximum absolute atomic E-state index is 13.4. The van der Waals surface area contributed by atoms with E-state index in [4.69, 9.17) is 4.42 Å². The summed E-state index contributed by atoms with van der Waals surface area (Å²) in [5, 5.41) is 24.3. The van der Waals surface area contributed by atoms with Crippen molar-refractivity contribution in [3.8, 4) is 11.4 Å². The van der Waals surface area contributed by atoms with Crippen LogP contribution in [0.3, 0.4) is 0 Å². The number of H-pyrrole nitrogens is 1. The molecule has 1 aliphatic heterocycles. The van der Waals surface area contributed by atoms with Crippen LogP contribution in [0.5, 0.6) is 0 Å². The number of nitrogens with zero attached hydrogens (tertiary/aromatic N) is 6. The van der Waals surface area contributed by atoms with E-state index in [-0.39, 0.29) is 51.5 Å². The van der Waals surface area contributed by atoms with Crippen molar-refractivity contribution in [3.63, 3.8) is 0 Å². The SMILES string of the molecule is CN(C(=O)Cc1ccc2oc(=O)n(C)c2c1)[C@H](CN1CC[C@H](O)C1)c1cccc(-c2nn[nH]n2)c1.S.S. The highest BCUT2D eigenvalue weighted by Gasteiger charge is 2.28. The Hall–Kier alpha value is -3.13. The number of aromatic nitrogens is 5. The van der Waals surface area contributed by atoms with E-state index >= 15 is 0 Å². The van der Waals surface area contributed by atoms with Crippen LogP contribution in [0.1, 0.15) is 23.6 Å². The lowest BCUT2D eigenvalue weighted by molar-refractivity contribution is -0.131. The van der Waals surface area contributed by atoms with Crippen LogP contribution in [0.4, 0.5) is 0 Å². The Labute approximate surface area is 227 Å². The number of aliphatic hydroxyl groups excluding tert-OH is 1. The normalized spacial score (nSPS) is 16.2. The van der Waals surface area contributed by atoms with Gasteiger partial charge in [-0.1, -0.05) is 24.3 Å². The molecule has 13 heteroatoms. The second kappa shape index (κ2) is 11.9. The minimum atomic E-state index is -0.435. The third-order valence-electron chi connectivity index (χ3n) is 6.63. The van der Waals surface area contributed by atoms with Gasteiger partial charge in [0, 0.05) is 39.3 Å². The number of aryl methyl sites for hydroxylation is 1. The Kier molecular flexibility index (Phi) is 9.18. The molecule has 2 N–H and O–H groups in total. The molecule has 5 rings (SSSR count). The zero-order valence-electron chi connectivity index (χ0n) is 20.6. The summed E-state index contributed by atoms with van der Waals surface area (Å²) in [6.45, 7) is 1.94. The first kappa shape index (κ1) is 28.4. The van der Waals surface area contributed by atoms with E-state index in [1.165, 1.54) is 4.57 Å². The van der Waals surface area contributed by atoms with Crippen molar-refractivity contribution in [1.29, 1.82) is 0 Å². The van der Waals surface area contributed by atoms with E-state index < -0.39 is 5.76 Å². The van der Waals surface area contributed by atoms with Crippen molar-refractivity contribution >= 4 is 44.0 Å². The summed E-state index contributed by atoms with van der Waals surface area (Å²) >= 11 is 0. The standard InChI is InChI=1S/C24H27N7O4.2H2S/c1-29(22(33)11-15-6-7-21-19(10-15)30(2)24(34)35-21)20(14-31-9-8-18(32)13-31)16-4-3-5-17(12-16)23-25-27-28-26-23;;/h3-7,10,12,18,20,32H,8-9,11,13-14H2,1-2H3,(H,25,26,27,28);2*1H2/t18-,20+;;/m0../s1. The molecule has 2 aromatic carbocycles. The zero-order chi connectivity index (χ0) is 24.5. The molecule has 1 saturated heterocycles. The van der Waals surface area contributed by atoms with E-state index in [9.17, 15) is 14.7 Å². The molecular formula is C24H31N7O4S2. The number of nitrogens with one attached hydrogen (secondary N) is 1. The highest BCUT2D eigenvalue weighted by atomic mass is 32.1. The molecule has 4 aromatic rings. The number of tetrazole rings is 1. The predicted molar refractivity (Wildman–Crippen MR) is 148 cm³/mol. The predicted octanol–water partition coefficient (Wildman–Crippen LogP) is 1.35. The highest BCUT2D eigenvalue weighted by molar-refractivity contribution is 7.59. The topological polar surface area (TPSA) is 133 Å². The second-order valence-corrected chi connectivity index (χ2v) is 8.99. The van der Waals surface area contributed by atoms with E-state index in [0.29, 0.717) is 30.0 Å². The Morgan fingerprint density at radius 1 is 1.27 bits per heavy atom. The van der Waals surface area contributed by atoms with Crippen molar-refractivity contribution in [1.82, 2.24) is 35.0 Å². The van der Waals surface area contributed by atoms with Crippen molar-refractivity contribution in [2.75, 3.05) is 26.7 Å². The van der Waals surface area contributed by atoms with E-state index in [1.807, 2.05) is 30.3 Å². The fourth-order valence-corrected chi connectivity index (χ4v) is 4.60. The van der Waals surface area contributed by atoms with Gasteiger partial charge in [0.05, 0.1) is 24.1 Å². The summed E-state index contributed by atoms with van der Waals surface area (Å²) < 4.78 is 6.62. The van der Waals surface area contributed by atoms with E-state index in [0.717, 1.165) is 29.7 Å². The number of likely N-dealkylation sites (tertiary alicyclic amines) is 1. The molecule has 1 amide bonds. The molecule has 0 bridgehead atoms. The van der Waals surface area contributed by atoms with Crippen LogP contribution in [0, 0.1) is 0 Å². The summed E-state index contributed by atoms with van der Waals surface area (Å²) in [6, 6.07) is 12.9. The van der Waals surface area contributed by atoms with Crippen molar-refractivity contribution < 1.29 is 14.3 Å². The minimum absolute atomic E-state index is 0. The lowest BCUT2D eigenvalue weighted by atomic mass is 10.0. The quantitative estimate of drug-likeness (QED) is 0.356. The number of carbonyl (C=O) groups excluding carboxylic acids is 1. The fourth-order valence-electron chi connectivity index (χ4n) is 4.60. The van der Waals surface area contributed by atoms with Gasteiger partial charge in [-0.05, 0) is 41.0 Å². The number of β-amino-alcohol motifs (C(OH)–C–C–N with tert-alkyl or cyclic N) is 1. The van der Waals surface area contributed by atoms with Gasteiger partial charge in [0.2, 0.25) is 11.7 Å². The average Bonchev–Trinajstić information content (AvgIpc) is 3.59. The Bertz CT molecular complexity index is 1410. The van der Waals surface area contributed by atoms with Crippen LogP contribution in [-0.2, 0) is 18.3 Å². The van der Waals surface area contributed by atoms with Crippen LogP contribution in [0.2, 0.25) is 0 Å². The Morgan fingerprint density at radius 2 is 2.08 bits per heavy atom. The van der Waals surface area contributed by atoms with Gasteiger partial charge >= 0.3 is 5.76 Å². The molecule has 0 aliphatic carbocycles. The third-order valence-corrected chi connectivity index (χ3v) is 6.63. The molecule has 1 fully saturated rings. The van der Waals surface area contributed by atoms with Crippen molar-refractivity contribution in [2.24, 2.45) is 7.05 Å². The first-order chi connectivity index (χ1) is 16.9. The number of carbonyl (C=O) groups is 1. The summed E-state index contributed by atoms with van der Waals surface area (Å²) in [5.41, 5.74) is 3.68. The number of oxazole rings is 1. The molecule has 198 valence electrons. The van der Waals surface area contributed by atoms with Gasteiger partial charge in [0.15, 0.2) is 5.58 Å². The minimum Gasteiger partial charge on any atom is -0.408 e. The lowest BCUT2D eigenvalue weighted by Gasteiger charge is -2.32. The maximum atomic E-state index is 13.4. The third kappa shape index (κ3) is 6.06. The number of rotatable bonds is 7. The number of aliphatic hydroxyl groups is 1. The van der Waals surface area contributed by atoms with Crippen molar-refractivity contribution in [3.05, 3.63) is 64.1 Å². The van der Waals surface area contributed by atoms with Gasteiger partial charge in [-0.25, -0.2) is 4.79 Å². The number of hydrogen-bond donors (Lipinski definition) is 2. The summed E-state index contributed by atoms with van der Waals surface area (Å²) in [6.07, 6.45) is 0.544. The van der Waals surface area contributed by atoms with Gasteiger partial charge in [-0.3, -0.25) is 14.3 Å². The summed E-state index contributed by atoms with van der Waals surface area (Å²) in [4.78, 5) is 29.2. The molecule has 0 spiro atoms. The number of amides is 1. The Morgan fingerprint density at radius 3 is 2.78 bits per heavy atom. The number of benzene rings is 2. The molecular weight excluding hydrogens is 514 g/mol. The number of aromatic amines is 1. The smallest absolute Gasteiger partial charge is 0.408 e. The maximum Gasteiger partial charge on any atom is 0.419 e. The Balaban J connectivity index is 0.00000190. The monoisotopic (exact) mass is 545 g/mol. The molecule has 37 heavy (non-hydrogen) atoms. The van der Waals surface area contributed by atoms with E-state index in [1.54, 1.807) is 31.1 Å².